The second-order valence-electron chi connectivity index (χ2n) is 6.20. The van der Waals surface area contributed by atoms with Gasteiger partial charge in [-0.15, -0.1) is 6.42 Å². The van der Waals surface area contributed by atoms with Gasteiger partial charge in [-0.25, -0.2) is 8.42 Å². The molecule has 3 aromatic rings. The topological polar surface area (TPSA) is 112 Å². The number of nitro groups is 1. The zero-order valence-electron chi connectivity index (χ0n) is 15.4. The van der Waals surface area contributed by atoms with Crippen LogP contribution in [0.5, 0.6) is 0 Å². The standard InChI is InChI=1S/C19H15N3O5S2/c1-4-10-21-16-9-8-13(29(3,26)27)11-17(16)28-19(21)20-18(23)14-6-5-7-15(12(14)2)22(24)25/h1,5-9,11H,10H2,2-3H3. The van der Waals surface area contributed by atoms with E-state index in [1.165, 1.54) is 37.3 Å². The first-order chi connectivity index (χ1) is 13.6. The number of fused-ring (bicyclic) bond motifs is 1. The molecule has 8 nitrogen and oxygen atoms in total. The molecule has 148 valence electrons. The number of carbonyl (C=O) groups excluding carboxylic acids is 1. The van der Waals surface area contributed by atoms with Gasteiger partial charge >= 0.3 is 0 Å². The number of nitro benzene ring substituents is 1. The van der Waals surface area contributed by atoms with Gasteiger partial charge < -0.3 is 4.57 Å². The summed E-state index contributed by atoms with van der Waals surface area (Å²) in [6, 6.07) is 8.79. The number of carbonyl (C=O) groups is 1. The highest BCUT2D eigenvalue weighted by molar-refractivity contribution is 7.90. The molecule has 1 amide bonds. The summed E-state index contributed by atoms with van der Waals surface area (Å²) >= 11 is 1.12. The predicted octanol–water partition coefficient (Wildman–Crippen LogP) is 2.70. The average Bonchev–Trinajstić information content (AvgIpc) is 2.97. The monoisotopic (exact) mass is 429 g/mol. The normalized spacial score (nSPS) is 12.1. The van der Waals surface area contributed by atoms with E-state index in [0.717, 1.165) is 17.6 Å². The highest BCUT2D eigenvalue weighted by atomic mass is 32.2. The van der Waals surface area contributed by atoms with Gasteiger partial charge in [0.25, 0.3) is 11.6 Å². The Kier molecular flexibility index (Phi) is 5.37. The zero-order valence-corrected chi connectivity index (χ0v) is 17.1. The van der Waals surface area contributed by atoms with Gasteiger partial charge in [-0.2, -0.15) is 4.99 Å². The van der Waals surface area contributed by atoms with Crippen LogP contribution in [0.2, 0.25) is 0 Å². The van der Waals surface area contributed by atoms with Crippen LogP contribution in [0.25, 0.3) is 10.2 Å². The van der Waals surface area contributed by atoms with Crippen LogP contribution in [-0.4, -0.2) is 30.1 Å². The maximum absolute atomic E-state index is 12.7. The van der Waals surface area contributed by atoms with Crippen LogP contribution in [0.3, 0.4) is 0 Å². The van der Waals surface area contributed by atoms with Crippen molar-refractivity contribution in [2.45, 2.75) is 18.4 Å². The van der Waals surface area contributed by atoms with E-state index in [1.807, 2.05) is 0 Å². The number of benzene rings is 2. The van der Waals surface area contributed by atoms with E-state index in [9.17, 15) is 23.3 Å². The fourth-order valence-electron chi connectivity index (χ4n) is 2.81. The van der Waals surface area contributed by atoms with Crippen LogP contribution >= 0.6 is 11.3 Å². The summed E-state index contributed by atoms with van der Waals surface area (Å²) in [5.41, 5.74) is 0.801. The van der Waals surface area contributed by atoms with Gasteiger partial charge in [-0.1, -0.05) is 23.3 Å². The number of aromatic nitrogens is 1. The van der Waals surface area contributed by atoms with Gasteiger partial charge in [-0.3, -0.25) is 14.9 Å². The van der Waals surface area contributed by atoms with Crippen LogP contribution in [0.4, 0.5) is 5.69 Å². The first kappa shape index (κ1) is 20.4. The van der Waals surface area contributed by atoms with Gasteiger partial charge in [0.2, 0.25) is 0 Å². The van der Waals surface area contributed by atoms with Gasteiger partial charge in [0.1, 0.15) is 0 Å². The van der Waals surface area contributed by atoms with Crippen molar-refractivity contribution < 1.29 is 18.1 Å². The number of hydrogen-bond acceptors (Lipinski definition) is 6. The summed E-state index contributed by atoms with van der Waals surface area (Å²) in [6.07, 6.45) is 6.54. The first-order valence-corrected chi connectivity index (χ1v) is 10.9. The van der Waals surface area contributed by atoms with Crippen molar-refractivity contribution in [3.63, 3.8) is 0 Å². The van der Waals surface area contributed by atoms with E-state index >= 15 is 0 Å². The fraction of sp³-hybridized carbons (Fsp3) is 0.158. The third kappa shape index (κ3) is 3.96. The molecule has 0 radical (unpaired) electrons. The molecule has 3 rings (SSSR count). The summed E-state index contributed by atoms with van der Waals surface area (Å²) in [5, 5.41) is 11.1. The molecule has 0 saturated heterocycles. The fourth-order valence-corrected chi connectivity index (χ4v) is 4.60. The molecule has 0 fully saturated rings. The number of sulfone groups is 1. The van der Waals surface area contributed by atoms with Crippen LogP contribution in [0.15, 0.2) is 46.3 Å². The molecule has 0 atom stereocenters. The Morgan fingerprint density at radius 1 is 1.34 bits per heavy atom. The van der Waals surface area contributed by atoms with Crippen molar-refractivity contribution in [3.05, 3.63) is 62.4 Å². The highest BCUT2D eigenvalue weighted by Crippen LogP contribution is 2.23. The molecular formula is C19H15N3O5S2. The number of nitrogens with zero attached hydrogens (tertiary/aromatic N) is 3. The van der Waals surface area contributed by atoms with Crippen LogP contribution in [0, 0.1) is 29.4 Å². The molecule has 0 aliphatic carbocycles. The van der Waals surface area contributed by atoms with Gasteiger partial charge in [-0.05, 0) is 31.2 Å². The van der Waals surface area contributed by atoms with Crippen LogP contribution in [-0.2, 0) is 16.4 Å². The molecule has 0 unspecified atom stereocenters. The smallest absolute Gasteiger partial charge is 0.280 e. The number of hydrogen-bond donors (Lipinski definition) is 0. The summed E-state index contributed by atoms with van der Waals surface area (Å²) < 4.78 is 25.9. The molecule has 0 bridgehead atoms. The number of amides is 1. The molecule has 1 heterocycles. The maximum Gasteiger partial charge on any atom is 0.280 e. The molecule has 10 heteroatoms. The van der Waals surface area contributed by atoms with Crippen molar-refractivity contribution in [1.82, 2.24) is 4.57 Å². The predicted molar refractivity (Wildman–Crippen MR) is 109 cm³/mol. The first-order valence-electron chi connectivity index (χ1n) is 8.23. The van der Waals surface area contributed by atoms with E-state index in [1.54, 1.807) is 10.6 Å². The van der Waals surface area contributed by atoms with Crippen LogP contribution in [0.1, 0.15) is 15.9 Å². The lowest BCUT2D eigenvalue weighted by atomic mass is 10.1. The Hall–Kier alpha value is -3.29. The molecule has 0 spiro atoms. The van der Waals surface area contributed by atoms with Crippen LogP contribution < -0.4 is 4.80 Å². The van der Waals surface area contributed by atoms with Crippen molar-refractivity contribution >= 4 is 43.0 Å². The van der Waals surface area contributed by atoms with E-state index in [-0.39, 0.29) is 33.1 Å². The van der Waals surface area contributed by atoms with E-state index in [2.05, 4.69) is 10.9 Å². The van der Waals surface area contributed by atoms with Crippen molar-refractivity contribution in [2.24, 2.45) is 4.99 Å². The lowest BCUT2D eigenvalue weighted by Crippen LogP contribution is -2.17. The number of rotatable bonds is 4. The Bertz CT molecular complexity index is 1380. The molecule has 0 saturated carbocycles. The molecule has 2 aromatic carbocycles. The highest BCUT2D eigenvalue weighted by Gasteiger charge is 2.18. The molecule has 0 aliphatic heterocycles. The summed E-state index contributed by atoms with van der Waals surface area (Å²) in [4.78, 5) is 27.8. The minimum absolute atomic E-state index is 0.112. The summed E-state index contributed by atoms with van der Waals surface area (Å²) in [7, 11) is -3.40. The lowest BCUT2D eigenvalue weighted by molar-refractivity contribution is -0.385. The second kappa shape index (κ2) is 7.62. The average molecular weight is 429 g/mol. The van der Waals surface area contributed by atoms with Crippen molar-refractivity contribution in [3.8, 4) is 12.3 Å². The number of terminal acetylenes is 1. The minimum atomic E-state index is -3.40. The molecule has 29 heavy (non-hydrogen) atoms. The quantitative estimate of drug-likeness (QED) is 0.360. The van der Waals surface area contributed by atoms with E-state index in [4.69, 9.17) is 6.42 Å². The maximum atomic E-state index is 12.7. The third-order valence-corrected chi connectivity index (χ3v) is 6.41. The van der Waals surface area contributed by atoms with Gasteiger partial charge in [0, 0.05) is 17.9 Å². The molecular weight excluding hydrogens is 414 g/mol. The minimum Gasteiger partial charge on any atom is -0.305 e. The Labute approximate surface area is 170 Å². The zero-order chi connectivity index (χ0) is 21.3. The van der Waals surface area contributed by atoms with E-state index < -0.39 is 20.7 Å². The largest absolute Gasteiger partial charge is 0.305 e. The summed E-state index contributed by atoms with van der Waals surface area (Å²) in [5.74, 6) is 1.84. The Balaban J connectivity index is 2.21. The van der Waals surface area contributed by atoms with Crippen molar-refractivity contribution in [1.29, 1.82) is 0 Å². The SMILES string of the molecule is C#CCn1c(=NC(=O)c2cccc([N+](=O)[O-])c2C)sc2cc(S(C)(=O)=O)ccc21. The van der Waals surface area contributed by atoms with Gasteiger partial charge in [0.05, 0.1) is 32.1 Å². The second-order valence-corrected chi connectivity index (χ2v) is 9.23. The van der Waals surface area contributed by atoms with E-state index in [0.29, 0.717) is 10.2 Å². The van der Waals surface area contributed by atoms with Gasteiger partial charge in [0.15, 0.2) is 14.6 Å². The molecule has 0 N–H and O–H groups in total. The lowest BCUT2D eigenvalue weighted by Gasteiger charge is -2.03. The Morgan fingerprint density at radius 2 is 2.07 bits per heavy atom. The summed E-state index contributed by atoms with van der Waals surface area (Å²) in [6.45, 7) is 1.61. The third-order valence-electron chi connectivity index (χ3n) is 4.26. The van der Waals surface area contributed by atoms with Crippen molar-refractivity contribution in [2.75, 3.05) is 6.26 Å². The molecule has 0 aliphatic rings. The molecule has 1 aromatic heterocycles. The Morgan fingerprint density at radius 3 is 2.69 bits per heavy atom. The number of thiazole rings is 1.